The van der Waals surface area contributed by atoms with Crippen molar-refractivity contribution in [1.82, 2.24) is 15.5 Å². The fourth-order valence-electron chi connectivity index (χ4n) is 4.37. The molecule has 2 amide bonds. The number of rotatable bonds is 7. The van der Waals surface area contributed by atoms with E-state index in [1.807, 2.05) is 0 Å². The minimum atomic E-state index is -0.00221. The van der Waals surface area contributed by atoms with Crippen molar-refractivity contribution >= 4 is 22.6 Å². The van der Waals surface area contributed by atoms with Gasteiger partial charge in [0.25, 0.3) is 0 Å². The summed E-state index contributed by atoms with van der Waals surface area (Å²) < 4.78 is 0. The number of nitrogens with zero attached hydrogens (tertiary/aromatic N) is 1. The van der Waals surface area contributed by atoms with E-state index < -0.39 is 0 Å². The quantitative estimate of drug-likeness (QED) is 0.760. The molecule has 1 saturated heterocycles. The molecule has 2 aromatic rings. The molecule has 1 aliphatic heterocycles. The molecular weight excluding hydrogens is 362 g/mol. The maximum Gasteiger partial charge on any atom is 0.227 e. The van der Waals surface area contributed by atoms with Crippen LogP contribution in [0.3, 0.4) is 0 Å². The first-order chi connectivity index (χ1) is 14.1. The summed E-state index contributed by atoms with van der Waals surface area (Å²) in [6.45, 7) is 4.68. The van der Waals surface area contributed by atoms with Crippen LogP contribution in [-0.4, -0.2) is 42.4 Å². The third-order valence-electron chi connectivity index (χ3n) is 6.05. The van der Waals surface area contributed by atoms with Crippen LogP contribution in [0.5, 0.6) is 0 Å². The average Bonchev–Trinajstić information content (AvgIpc) is 3.57. The molecule has 2 aliphatic rings. The molecule has 2 aromatic carbocycles. The predicted molar refractivity (Wildman–Crippen MR) is 116 cm³/mol. The minimum absolute atomic E-state index is 0.00221. The SMILES string of the molecule is CC(=O)NCCc1cc(CN(C(=O)[C@@H]2CCCNC2)C2CC2)c2ccccc2c1. The average molecular weight is 394 g/mol. The van der Waals surface area contributed by atoms with Crippen LogP contribution in [0.25, 0.3) is 10.8 Å². The molecule has 154 valence electrons. The van der Waals surface area contributed by atoms with Gasteiger partial charge in [0.05, 0.1) is 5.92 Å². The third-order valence-corrected chi connectivity index (χ3v) is 6.05. The zero-order valence-corrected chi connectivity index (χ0v) is 17.2. The number of piperidine rings is 1. The van der Waals surface area contributed by atoms with Crippen LogP contribution < -0.4 is 10.6 Å². The van der Waals surface area contributed by atoms with Crippen LogP contribution in [0.4, 0.5) is 0 Å². The molecule has 0 spiro atoms. The highest BCUT2D eigenvalue weighted by Crippen LogP contribution is 2.32. The molecule has 0 aromatic heterocycles. The van der Waals surface area contributed by atoms with Gasteiger partial charge in [-0.1, -0.05) is 36.4 Å². The molecule has 0 bridgehead atoms. The van der Waals surface area contributed by atoms with Gasteiger partial charge in [0.2, 0.25) is 11.8 Å². The Hall–Kier alpha value is -2.40. The van der Waals surface area contributed by atoms with E-state index in [4.69, 9.17) is 0 Å². The van der Waals surface area contributed by atoms with E-state index in [0.29, 0.717) is 25.0 Å². The van der Waals surface area contributed by atoms with E-state index in [2.05, 4.69) is 51.9 Å². The van der Waals surface area contributed by atoms with E-state index in [1.54, 1.807) is 6.92 Å². The second kappa shape index (κ2) is 8.95. The van der Waals surface area contributed by atoms with Gasteiger partial charge in [-0.25, -0.2) is 0 Å². The van der Waals surface area contributed by atoms with E-state index in [0.717, 1.165) is 45.2 Å². The van der Waals surface area contributed by atoms with E-state index in [9.17, 15) is 9.59 Å². The summed E-state index contributed by atoms with van der Waals surface area (Å²) in [5.74, 6) is 0.420. The molecule has 1 aliphatic carbocycles. The number of fused-ring (bicyclic) bond motifs is 1. The summed E-state index contributed by atoms with van der Waals surface area (Å²) in [5.41, 5.74) is 2.42. The minimum Gasteiger partial charge on any atom is -0.356 e. The van der Waals surface area contributed by atoms with Crippen molar-refractivity contribution in [2.45, 2.75) is 51.6 Å². The van der Waals surface area contributed by atoms with Crippen LogP contribution >= 0.6 is 0 Å². The number of hydrogen-bond donors (Lipinski definition) is 2. The van der Waals surface area contributed by atoms with Crippen molar-refractivity contribution in [3.05, 3.63) is 47.5 Å². The Bertz CT molecular complexity index is 885. The smallest absolute Gasteiger partial charge is 0.227 e. The molecule has 4 rings (SSSR count). The molecular formula is C24H31N3O2. The lowest BCUT2D eigenvalue weighted by atomic mass is 9.96. The van der Waals surface area contributed by atoms with Gasteiger partial charge in [-0.2, -0.15) is 0 Å². The van der Waals surface area contributed by atoms with Gasteiger partial charge in [-0.05, 0) is 60.5 Å². The Morgan fingerprint density at radius 2 is 2.00 bits per heavy atom. The summed E-state index contributed by atoms with van der Waals surface area (Å²) in [7, 11) is 0. The van der Waals surface area contributed by atoms with Crippen molar-refractivity contribution in [2.24, 2.45) is 5.92 Å². The van der Waals surface area contributed by atoms with Crippen molar-refractivity contribution in [3.63, 3.8) is 0 Å². The molecule has 0 radical (unpaired) electrons. The summed E-state index contributed by atoms with van der Waals surface area (Å²) in [6, 6.07) is 13.2. The number of carbonyl (C=O) groups is 2. The first-order valence-electron chi connectivity index (χ1n) is 10.9. The fourth-order valence-corrected chi connectivity index (χ4v) is 4.37. The zero-order valence-electron chi connectivity index (χ0n) is 17.2. The van der Waals surface area contributed by atoms with E-state index >= 15 is 0 Å². The molecule has 1 saturated carbocycles. The first kappa shape index (κ1) is 19.9. The molecule has 1 atom stereocenters. The normalized spacial score (nSPS) is 19.1. The number of amides is 2. The van der Waals surface area contributed by atoms with Crippen LogP contribution in [0.15, 0.2) is 36.4 Å². The van der Waals surface area contributed by atoms with Gasteiger partial charge in [0.15, 0.2) is 0 Å². The van der Waals surface area contributed by atoms with Crippen LogP contribution in [0.1, 0.15) is 43.7 Å². The zero-order chi connectivity index (χ0) is 20.2. The standard InChI is InChI=1S/C24H31N3O2/c1-17(28)26-12-10-18-13-19-5-2-3-7-23(19)21(14-18)16-27(22-8-9-22)24(29)20-6-4-11-25-15-20/h2-3,5,7,13-14,20,22,25H,4,6,8-12,15-16H2,1H3,(H,26,28)/t20-/m1/s1. The molecule has 5 nitrogen and oxygen atoms in total. The number of carbonyl (C=O) groups excluding carboxylic acids is 2. The van der Waals surface area contributed by atoms with Crippen LogP contribution in [0, 0.1) is 5.92 Å². The summed E-state index contributed by atoms with van der Waals surface area (Å²) in [5, 5.41) is 8.68. The molecule has 2 fully saturated rings. The number of benzene rings is 2. The van der Waals surface area contributed by atoms with Gasteiger partial charge in [-0.3, -0.25) is 9.59 Å². The first-order valence-corrected chi connectivity index (χ1v) is 10.9. The molecule has 2 N–H and O–H groups in total. The van der Waals surface area contributed by atoms with Crippen LogP contribution in [-0.2, 0) is 22.6 Å². The lowest BCUT2D eigenvalue weighted by Gasteiger charge is -2.30. The van der Waals surface area contributed by atoms with Gasteiger partial charge in [0, 0.05) is 32.6 Å². The van der Waals surface area contributed by atoms with Crippen molar-refractivity contribution in [1.29, 1.82) is 0 Å². The van der Waals surface area contributed by atoms with Crippen molar-refractivity contribution in [3.8, 4) is 0 Å². The second-order valence-corrected chi connectivity index (χ2v) is 8.45. The Labute approximate surface area is 172 Å². The summed E-state index contributed by atoms with van der Waals surface area (Å²) in [6.07, 6.45) is 5.10. The lowest BCUT2D eigenvalue weighted by Crippen LogP contribution is -2.43. The van der Waals surface area contributed by atoms with E-state index in [-0.39, 0.29) is 11.8 Å². The highest BCUT2D eigenvalue weighted by Gasteiger charge is 2.36. The van der Waals surface area contributed by atoms with E-state index in [1.165, 1.54) is 21.9 Å². The van der Waals surface area contributed by atoms with Gasteiger partial charge < -0.3 is 15.5 Å². The summed E-state index contributed by atoms with van der Waals surface area (Å²) in [4.78, 5) is 26.6. The molecule has 0 unspecified atom stereocenters. The third kappa shape index (κ3) is 4.96. The topological polar surface area (TPSA) is 61.4 Å². The Morgan fingerprint density at radius 1 is 1.17 bits per heavy atom. The van der Waals surface area contributed by atoms with Gasteiger partial charge in [0.1, 0.15) is 0 Å². The van der Waals surface area contributed by atoms with Crippen LogP contribution in [0.2, 0.25) is 0 Å². The highest BCUT2D eigenvalue weighted by molar-refractivity contribution is 5.87. The Kier molecular flexibility index (Phi) is 6.14. The monoisotopic (exact) mass is 393 g/mol. The van der Waals surface area contributed by atoms with Gasteiger partial charge >= 0.3 is 0 Å². The largest absolute Gasteiger partial charge is 0.356 e. The maximum atomic E-state index is 13.3. The number of hydrogen-bond acceptors (Lipinski definition) is 3. The predicted octanol–water partition coefficient (Wildman–Crippen LogP) is 3.01. The lowest BCUT2D eigenvalue weighted by molar-refractivity contribution is -0.137. The van der Waals surface area contributed by atoms with Crippen molar-refractivity contribution in [2.75, 3.05) is 19.6 Å². The fraction of sp³-hybridized carbons (Fsp3) is 0.500. The molecule has 1 heterocycles. The van der Waals surface area contributed by atoms with Crippen molar-refractivity contribution < 1.29 is 9.59 Å². The molecule has 5 heteroatoms. The molecule has 29 heavy (non-hydrogen) atoms. The van der Waals surface area contributed by atoms with Gasteiger partial charge in [-0.15, -0.1) is 0 Å². The Balaban J connectivity index is 1.58. The second-order valence-electron chi connectivity index (χ2n) is 8.45. The maximum absolute atomic E-state index is 13.3. The number of nitrogens with one attached hydrogen (secondary N) is 2. The highest BCUT2D eigenvalue weighted by atomic mass is 16.2. The summed E-state index contributed by atoms with van der Waals surface area (Å²) >= 11 is 0. The Morgan fingerprint density at radius 3 is 2.72 bits per heavy atom.